The summed E-state index contributed by atoms with van der Waals surface area (Å²) in [5.41, 5.74) is 5.65. The number of nitrogens with two attached hydrogens (primary N) is 1. The number of hydrogen-bond donors (Lipinski definition) is 2. The predicted molar refractivity (Wildman–Crippen MR) is 92.9 cm³/mol. The number of hydrogen-bond acceptors (Lipinski definition) is 5. The molecular weight excluding hydrogens is 341 g/mol. The zero-order chi connectivity index (χ0) is 18.7. The third-order valence-corrected chi connectivity index (χ3v) is 4.56. The van der Waals surface area contributed by atoms with Crippen molar-refractivity contribution in [3.8, 4) is 11.6 Å². The summed E-state index contributed by atoms with van der Waals surface area (Å²) in [5, 5.41) is 4.19. The predicted octanol–water partition coefficient (Wildman–Crippen LogP) is 1.59. The van der Waals surface area contributed by atoms with Gasteiger partial charge < -0.3 is 20.5 Å². The minimum absolute atomic E-state index is 0.0986. The molecular formula is C18H20FN3O4. The molecule has 0 radical (unpaired) electrons. The van der Waals surface area contributed by atoms with E-state index in [4.69, 9.17) is 15.2 Å². The number of primary amides is 1. The summed E-state index contributed by atoms with van der Waals surface area (Å²) in [6.45, 7) is -0.294. The Balaban J connectivity index is 1.86. The Morgan fingerprint density at radius 2 is 2.27 bits per heavy atom. The Morgan fingerprint density at radius 1 is 1.46 bits per heavy atom. The van der Waals surface area contributed by atoms with Gasteiger partial charge in [0.1, 0.15) is 12.4 Å². The largest absolute Gasteiger partial charge is 0.496 e. The molecule has 0 bridgehead atoms. The van der Waals surface area contributed by atoms with Gasteiger partial charge in [0.05, 0.1) is 25.4 Å². The quantitative estimate of drug-likeness (QED) is 0.779. The first-order valence-corrected chi connectivity index (χ1v) is 8.28. The van der Waals surface area contributed by atoms with E-state index in [1.165, 1.54) is 7.11 Å². The topological polar surface area (TPSA) is 104 Å². The fraction of sp³-hybridized carbons (Fsp3) is 0.389. The number of amides is 2. The standard InChI is InChI=1S/C18H20FN3O4/c1-25-15-8-12-10(6-13(15)17(20)24)3-5-21-18(12)26-9-14-11(2-4-19)7-16(23)22-14/h3,5-6,8,11,14H,2,4,7,9H2,1H3,(H2,20,24)(H,22,23)/t11-,14-/m1/s1. The average Bonchev–Trinajstić information content (AvgIpc) is 2.98. The smallest absolute Gasteiger partial charge is 0.252 e. The highest BCUT2D eigenvalue weighted by atomic mass is 19.1. The first-order chi connectivity index (χ1) is 12.5. The Hall–Kier alpha value is -2.90. The summed E-state index contributed by atoms with van der Waals surface area (Å²) < 4.78 is 23.7. The number of benzene rings is 1. The average molecular weight is 361 g/mol. The second-order valence-corrected chi connectivity index (χ2v) is 6.18. The van der Waals surface area contributed by atoms with E-state index in [1.807, 2.05) is 0 Å². The molecule has 0 spiro atoms. The molecule has 138 valence electrons. The van der Waals surface area contributed by atoms with Crippen LogP contribution in [0.15, 0.2) is 24.4 Å². The Labute approximate surface area is 149 Å². The van der Waals surface area contributed by atoms with Gasteiger partial charge in [-0.3, -0.25) is 14.0 Å². The number of methoxy groups -OCH3 is 1. The van der Waals surface area contributed by atoms with Crippen molar-refractivity contribution < 1.29 is 23.5 Å². The van der Waals surface area contributed by atoms with E-state index in [2.05, 4.69) is 10.3 Å². The van der Waals surface area contributed by atoms with E-state index in [-0.39, 0.29) is 30.0 Å². The highest BCUT2D eigenvalue weighted by Gasteiger charge is 2.32. The van der Waals surface area contributed by atoms with Crippen LogP contribution in [0, 0.1) is 5.92 Å². The van der Waals surface area contributed by atoms with E-state index in [0.29, 0.717) is 29.9 Å². The fourth-order valence-corrected chi connectivity index (χ4v) is 3.20. The molecule has 1 fully saturated rings. The van der Waals surface area contributed by atoms with Crippen LogP contribution in [0.1, 0.15) is 23.2 Å². The first-order valence-electron chi connectivity index (χ1n) is 8.28. The molecule has 26 heavy (non-hydrogen) atoms. The molecule has 1 aliphatic heterocycles. The molecule has 1 saturated heterocycles. The molecule has 2 aromatic rings. The zero-order valence-corrected chi connectivity index (χ0v) is 14.3. The lowest BCUT2D eigenvalue weighted by Crippen LogP contribution is -2.35. The van der Waals surface area contributed by atoms with E-state index in [9.17, 15) is 14.0 Å². The van der Waals surface area contributed by atoms with Crippen LogP contribution in [-0.4, -0.2) is 43.2 Å². The van der Waals surface area contributed by atoms with Crippen LogP contribution in [0.5, 0.6) is 11.6 Å². The number of alkyl halides is 1. The van der Waals surface area contributed by atoms with Crippen molar-refractivity contribution in [1.82, 2.24) is 10.3 Å². The number of aromatic nitrogens is 1. The molecule has 0 saturated carbocycles. The van der Waals surface area contributed by atoms with Gasteiger partial charge in [-0.25, -0.2) is 4.98 Å². The van der Waals surface area contributed by atoms with Gasteiger partial charge in [-0.05, 0) is 35.9 Å². The van der Waals surface area contributed by atoms with E-state index in [1.54, 1.807) is 24.4 Å². The molecule has 2 amide bonds. The van der Waals surface area contributed by atoms with Gasteiger partial charge in [0.15, 0.2) is 0 Å². The molecule has 8 heteroatoms. The molecule has 2 heterocycles. The highest BCUT2D eigenvalue weighted by molar-refractivity contribution is 6.01. The van der Waals surface area contributed by atoms with E-state index < -0.39 is 12.6 Å². The van der Waals surface area contributed by atoms with E-state index >= 15 is 0 Å². The molecule has 3 rings (SSSR count). The van der Waals surface area contributed by atoms with Gasteiger partial charge >= 0.3 is 0 Å². The number of pyridine rings is 1. The highest BCUT2D eigenvalue weighted by Crippen LogP contribution is 2.31. The molecule has 0 aliphatic carbocycles. The zero-order valence-electron chi connectivity index (χ0n) is 14.3. The van der Waals surface area contributed by atoms with Gasteiger partial charge in [-0.2, -0.15) is 0 Å². The molecule has 1 aromatic heterocycles. The lowest BCUT2D eigenvalue weighted by molar-refractivity contribution is -0.119. The van der Waals surface area contributed by atoms with Crippen LogP contribution in [-0.2, 0) is 4.79 Å². The van der Waals surface area contributed by atoms with Crippen molar-refractivity contribution in [1.29, 1.82) is 0 Å². The minimum Gasteiger partial charge on any atom is -0.496 e. The molecule has 3 N–H and O–H groups in total. The SMILES string of the molecule is COc1cc2c(OC[C@H]3NC(=O)C[C@H]3CCF)nccc2cc1C(N)=O. The van der Waals surface area contributed by atoms with Crippen LogP contribution in [0.25, 0.3) is 10.8 Å². The fourth-order valence-electron chi connectivity index (χ4n) is 3.20. The minimum atomic E-state index is -0.592. The monoisotopic (exact) mass is 361 g/mol. The molecule has 1 aliphatic rings. The maximum Gasteiger partial charge on any atom is 0.252 e. The maximum atomic E-state index is 12.7. The second-order valence-electron chi connectivity index (χ2n) is 6.18. The summed E-state index contributed by atoms with van der Waals surface area (Å²) in [5.74, 6) is -0.121. The van der Waals surface area contributed by atoms with Gasteiger partial charge in [0.25, 0.3) is 5.91 Å². The summed E-state index contributed by atoms with van der Waals surface area (Å²) in [6, 6.07) is 4.73. The van der Waals surface area contributed by atoms with Gasteiger partial charge in [-0.15, -0.1) is 0 Å². The van der Waals surface area contributed by atoms with Gasteiger partial charge in [-0.1, -0.05) is 0 Å². The number of rotatable bonds is 7. The molecule has 0 unspecified atom stereocenters. The number of fused-ring (bicyclic) bond motifs is 1. The molecule has 1 aromatic carbocycles. The summed E-state index contributed by atoms with van der Waals surface area (Å²) in [4.78, 5) is 27.4. The van der Waals surface area contributed by atoms with Crippen LogP contribution in [0.4, 0.5) is 4.39 Å². The third-order valence-electron chi connectivity index (χ3n) is 4.56. The molecule has 7 nitrogen and oxygen atoms in total. The summed E-state index contributed by atoms with van der Waals surface area (Å²) in [7, 11) is 1.44. The number of carbonyl (C=O) groups is 2. The lowest BCUT2D eigenvalue weighted by atomic mass is 9.98. The normalized spacial score (nSPS) is 19.4. The second kappa shape index (κ2) is 7.55. The Kier molecular flexibility index (Phi) is 5.20. The third kappa shape index (κ3) is 3.54. The molecule has 2 atom stereocenters. The number of ether oxygens (including phenoxy) is 2. The van der Waals surface area contributed by atoms with Gasteiger partial charge in [0.2, 0.25) is 11.8 Å². The lowest BCUT2D eigenvalue weighted by Gasteiger charge is -2.18. The van der Waals surface area contributed by atoms with Crippen LogP contribution in [0.3, 0.4) is 0 Å². The van der Waals surface area contributed by atoms with Crippen molar-refractivity contribution in [2.24, 2.45) is 11.7 Å². The van der Waals surface area contributed by atoms with Crippen molar-refractivity contribution in [3.05, 3.63) is 30.0 Å². The van der Waals surface area contributed by atoms with Gasteiger partial charge in [0, 0.05) is 18.0 Å². The Bertz CT molecular complexity index is 843. The number of nitrogens with zero attached hydrogens (tertiary/aromatic N) is 1. The van der Waals surface area contributed by atoms with Crippen LogP contribution < -0.4 is 20.5 Å². The van der Waals surface area contributed by atoms with Crippen LogP contribution >= 0.6 is 0 Å². The number of carbonyl (C=O) groups excluding carboxylic acids is 2. The van der Waals surface area contributed by atoms with Crippen molar-refractivity contribution >= 4 is 22.6 Å². The van der Waals surface area contributed by atoms with E-state index in [0.717, 1.165) is 5.39 Å². The number of nitrogens with one attached hydrogen (secondary N) is 1. The summed E-state index contributed by atoms with van der Waals surface area (Å²) >= 11 is 0. The van der Waals surface area contributed by atoms with Crippen molar-refractivity contribution in [2.75, 3.05) is 20.4 Å². The Morgan fingerprint density at radius 3 is 2.96 bits per heavy atom. The summed E-state index contributed by atoms with van der Waals surface area (Å²) in [6.07, 6.45) is 2.17. The number of halogens is 1. The van der Waals surface area contributed by atoms with Crippen LogP contribution in [0.2, 0.25) is 0 Å². The van der Waals surface area contributed by atoms with Crippen molar-refractivity contribution in [2.45, 2.75) is 18.9 Å². The maximum absolute atomic E-state index is 12.7. The first kappa shape index (κ1) is 17.9. The van der Waals surface area contributed by atoms with Crippen molar-refractivity contribution in [3.63, 3.8) is 0 Å².